The second-order valence-electron chi connectivity index (χ2n) is 7.07. The zero-order chi connectivity index (χ0) is 17.2. The molecule has 0 saturated carbocycles. The number of β-lactam (4-membered cyclic amide) rings is 1. The van der Waals surface area contributed by atoms with Crippen LogP contribution in [0.2, 0.25) is 0 Å². The molecule has 1 atom stereocenters. The number of hydrogen-bond donors (Lipinski definition) is 0. The second kappa shape index (κ2) is 6.49. The molecule has 1 heterocycles. The lowest BCUT2D eigenvalue weighted by molar-refractivity contribution is -0.188. The normalized spacial score (nSPS) is 17.7. The Morgan fingerprint density at radius 1 is 1.27 bits per heavy atom. The Labute approximate surface area is 132 Å². The molecule has 0 aromatic carbocycles. The zero-order valence-corrected chi connectivity index (χ0v) is 14.4. The van der Waals surface area contributed by atoms with E-state index in [1.807, 2.05) is 34.6 Å². The van der Waals surface area contributed by atoms with Crippen LogP contribution in [0.3, 0.4) is 0 Å². The molecule has 0 spiro atoms. The molecule has 1 aliphatic heterocycles. The van der Waals surface area contributed by atoms with Gasteiger partial charge in [0.05, 0.1) is 17.9 Å². The van der Waals surface area contributed by atoms with Gasteiger partial charge in [0.1, 0.15) is 0 Å². The van der Waals surface area contributed by atoms with Gasteiger partial charge in [0, 0.05) is 0 Å². The van der Waals surface area contributed by atoms with E-state index in [1.165, 1.54) is 0 Å². The minimum atomic E-state index is -0.800. The van der Waals surface area contributed by atoms with Gasteiger partial charge in [0.15, 0.2) is 6.23 Å². The predicted molar refractivity (Wildman–Crippen MR) is 82.5 cm³/mol. The van der Waals surface area contributed by atoms with Crippen molar-refractivity contribution in [2.75, 3.05) is 0 Å². The number of hydrogen-bond acceptors (Lipinski definition) is 4. The number of rotatable bonds is 3. The van der Waals surface area contributed by atoms with E-state index in [4.69, 9.17) is 4.74 Å². The lowest BCUT2D eigenvalue weighted by Crippen LogP contribution is -2.58. The van der Waals surface area contributed by atoms with Gasteiger partial charge in [-0.2, -0.15) is 0 Å². The van der Waals surface area contributed by atoms with Crippen molar-refractivity contribution in [3.8, 4) is 0 Å². The summed E-state index contributed by atoms with van der Waals surface area (Å²) in [5.74, 6) is -1.49. The third kappa shape index (κ3) is 4.08. The van der Waals surface area contributed by atoms with Crippen molar-refractivity contribution in [3.05, 3.63) is 16.9 Å². The van der Waals surface area contributed by atoms with E-state index < -0.39 is 23.5 Å². The van der Waals surface area contributed by atoms with Crippen LogP contribution in [0.4, 0.5) is 0 Å². The Hall–Kier alpha value is -1.87. The number of likely N-dealkylation sites (tertiary alicyclic amines) is 1. The van der Waals surface area contributed by atoms with Crippen molar-refractivity contribution in [1.29, 1.82) is 0 Å². The van der Waals surface area contributed by atoms with E-state index in [-0.39, 0.29) is 18.2 Å². The molecule has 122 valence electrons. The second-order valence-corrected chi connectivity index (χ2v) is 7.07. The average Bonchev–Trinajstić information content (AvgIpc) is 2.32. The number of carbonyl (C=O) groups excluding carboxylic acids is 3. The van der Waals surface area contributed by atoms with Crippen LogP contribution in [-0.2, 0) is 19.1 Å². The highest BCUT2D eigenvalue weighted by atomic mass is 16.6. The standard InChI is InChI=1S/C17H25NO4/c1-10(2)8-12(17(5,6)7)15(20)18-13(19)9-14(18)22-16(21)11(3)4/h11,14H,9H2,1-7H3. The Bertz CT molecular complexity index is 556. The number of nitrogens with zero attached hydrogens (tertiary/aromatic N) is 1. The zero-order valence-electron chi connectivity index (χ0n) is 14.4. The van der Waals surface area contributed by atoms with Crippen molar-refractivity contribution >= 4 is 17.8 Å². The molecule has 2 amide bonds. The van der Waals surface area contributed by atoms with E-state index >= 15 is 0 Å². The highest BCUT2D eigenvalue weighted by Crippen LogP contribution is 2.31. The average molecular weight is 307 g/mol. The highest BCUT2D eigenvalue weighted by molar-refractivity contribution is 6.08. The lowest BCUT2D eigenvalue weighted by Gasteiger charge is -2.39. The molecule has 0 aliphatic carbocycles. The quantitative estimate of drug-likeness (QED) is 0.348. The van der Waals surface area contributed by atoms with E-state index in [9.17, 15) is 14.4 Å². The monoisotopic (exact) mass is 307 g/mol. The molecule has 0 aromatic heterocycles. The fraction of sp³-hybridized carbons (Fsp3) is 0.647. The molecule has 1 rings (SSSR count). The van der Waals surface area contributed by atoms with Gasteiger partial charge in [0.25, 0.3) is 5.91 Å². The maximum Gasteiger partial charge on any atom is 0.310 e. The lowest BCUT2D eigenvalue weighted by atomic mass is 9.85. The van der Waals surface area contributed by atoms with E-state index in [2.05, 4.69) is 5.73 Å². The van der Waals surface area contributed by atoms with Crippen LogP contribution in [0, 0.1) is 11.3 Å². The van der Waals surface area contributed by atoms with Crippen LogP contribution in [0.5, 0.6) is 0 Å². The van der Waals surface area contributed by atoms with Gasteiger partial charge in [-0.25, -0.2) is 4.90 Å². The first kappa shape index (κ1) is 18.2. The van der Waals surface area contributed by atoms with Crippen LogP contribution >= 0.6 is 0 Å². The van der Waals surface area contributed by atoms with Crippen LogP contribution in [0.15, 0.2) is 16.9 Å². The largest absolute Gasteiger partial charge is 0.440 e. The number of ether oxygens (including phenoxy) is 1. The van der Waals surface area contributed by atoms with Gasteiger partial charge >= 0.3 is 5.97 Å². The molecule has 5 nitrogen and oxygen atoms in total. The van der Waals surface area contributed by atoms with Crippen molar-refractivity contribution in [2.45, 2.75) is 61.1 Å². The van der Waals surface area contributed by atoms with Crippen LogP contribution < -0.4 is 0 Å². The Morgan fingerprint density at radius 3 is 2.18 bits per heavy atom. The molecule has 1 aliphatic rings. The van der Waals surface area contributed by atoms with Gasteiger partial charge in [-0.3, -0.25) is 14.4 Å². The van der Waals surface area contributed by atoms with Crippen LogP contribution in [-0.4, -0.2) is 28.9 Å². The molecule has 0 radical (unpaired) electrons. The molecule has 0 aromatic rings. The molecule has 0 bridgehead atoms. The summed E-state index contributed by atoms with van der Waals surface area (Å²) >= 11 is 0. The van der Waals surface area contributed by atoms with E-state index in [1.54, 1.807) is 13.8 Å². The van der Waals surface area contributed by atoms with E-state index in [0.29, 0.717) is 5.57 Å². The Balaban J connectivity index is 3.06. The fourth-order valence-electron chi connectivity index (χ4n) is 1.93. The van der Waals surface area contributed by atoms with E-state index in [0.717, 1.165) is 10.5 Å². The molecular formula is C17H25NO4. The molecule has 1 saturated heterocycles. The van der Waals surface area contributed by atoms with Crippen LogP contribution in [0.25, 0.3) is 0 Å². The number of esters is 1. The minimum absolute atomic E-state index is 0.0520. The molecule has 5 heteroatoms. The maximum atomic E-state index is 12.7. The summed E-state index contributed by atoms with van der Waals surface area (Å²) in [5, 5.41) is 0. The maximum absolute atomic E-state index is 12.7. The number of amides is 2. The fourth-order valence-corrected chi connectivity index (χ4v) is 1.93. The molecule has 1 fully saturated rings. The molecule has 22 heavy (non-hydrogen) atoms. The van der Waals surface area contributed by atoms with Crippen molar-refractivity contribution in [2.24, 2.45) is 11.3 Å². The smallest absolute Gasteiger partial charge is 0.310 e. The Kier molecular flexibility index (Phi) is 5.36. The molecular weight excluding hydrogens is 282 g/mol. The third-order valence-corrected chi connectivity index (χ3v) is 3.19. The van der Waals surface area contributed by atoms with Crippen molar-refractivity contribution < 1.29 is 19.1 Å². The number of imide groups is 1. The summed E-state index contributed by atoms with van der Waals surface area (Å²) in [6, 6.07) is 0. The third-order valence-electron chi connectivity index (χ3n) is 3.19. The van der Waals surface area contributed by atoms with Gasteiger partial charge in [-0.15, -0.1) is 5.73 Å². The topological polar surface area (TPSA) is 63.7 Å². The van der Waals surface area contributed by atoms with Gasteiger partial charge in [-0.05, 0) is 24.8 Å². The predicted octanol–water partition coefficient (Wildman–Crippen LogP) is 2.81. The summed E-state index contributed by atoms with van der Waals surface area (Å²) in [6.45, 7) is 12.7. The highest BCUT2D eigenvalue weighted by Gasteiger charge is 2.46. The summed E-state index contributed by atoms with van der Waals surface area (Å²) in [4.78, 5) is 37.2. The summed E-state index contributed by atoms with van der Waals surface area (Å²) in [6.07, 6.45) is -0.748. The SMILES string of the molecule is CC(C)=C=C(C(=O)N1C(=O)CC1OC(=O)C(C)C)C(C)(C)C. The minimum Gasteiger partial charge on any atom is -0.440 e. The van der Waals surface area contributed by atoms with Crippen molar-refractivity contribution in [1.82, 2.24) is 4.90 Å². The van der Waals surface area contributed by atoms with Gasteiger partial charge in [0.2, 0.25) is 5.91 Å². The molecule has 0 N–H and O–H groups in total. The Morgan fingerprint density at radius 2 is 1.82 bits per heavy atom. The van der Waals surface area contributed by atoms with Gasteiger partial charge in [-0.1, -0.05) is 34.6 Å². The van der Waals surface area contributed by atoms with Crippen molar-refractivity contribution in [3.63, 3.8) is 0 Å². The van der Waals surface area contributed by atoms with Gasteiger partial charge < -0.3 is 4.74 Å². The molecule has 1 unspecified atom stereocenters. The van der Waals surface area contributed by atoms with Crippen LogP contribution in [0.1, 0.15) is 54.9 Å². The first-order chi connectivity index (χ1) is 9.95. The summed E-state index contributed by atoms with van der Waals surface area (Å²) < 4.78 is 5.22. The first-order valence-electron chi connectivity index (χ1n) is 7.46. The number of carbonyl (C=O) groups is 3. The first-order valence-corrected chi connectivity index (χ1v) is 7.46. The summed E-state index contributed by atoms with van der Waals surface area (Å²) in [7, 11) is 0. The summed E-state index contributed by atoms with van der Waals surface area (Å²) in [5.41, 5.74) is 3.83.